The minimum Gasteiger partial charge on any atom is -0.378 e. The second kappa shape index (κ2) is 3.87. The Kier molecular flexibility index (Phi) is 2.58. The molecule has 2 aliphatic heterocycles. The molecule has 0 saturated carbocycles. The smallest absolute Gasteiger partial charge is 0.0938 e. The van der Waals surface area contributed by atoms with Crippen LogP contribution in [0, 0.1) is 0 Å². The van der Waals surface area contributed by atoms with E-state index < -0.39 is 0 Å². The Morgan fingerprint density at radius 2 is 2.25 bits per heavy atom. The maximum Gasteiger partial charge on any atom is 0.0938 e. The van der Waals surface area contributed by atoms with Gasteiger partial charge in [0.05, 0.1) is 24.4 Å². The zero-order valence-electron chi connectivity index (χ0n) is 6.77. The van der Waals surface area contributed by atoms with E-state index in [1.807, 2.05) is 17.8 Å². The first kappa shape index (κ1) is 8.01. The Morgan fingerprint density at radius 3 is 2.92 bits per heavy atom. The highest BCUT2D eigenvalue weighted by Gasteiger charge is 2.14. The molecule has 3 nitrogen and oxygen atoms in total. The van der Waals surface area contributed by atoms with Crippen LogP contribution < -0.4 is 5.32 Å². The maximum atomic E-state index is 5.26. The number of ether oxygens (including phenoxy) is 1. The van der Waals surface area contributed by atoms with Crippen molar-refractivity contribution in [2.75, 3.05) is 26.3 Å². The zero-order chi connectivity index (χ0) is 8.23. The summed E-state index contributed by atoms with van der Waals surface area (Å²) >= 11 is 1.73. The highest BCUT2D eigenvalue weighted by molar-refractivity contribution is 8.05. The fraction of sp³-hybridized carbons (Fsp3) is 0.500. The Morgan fingerprint density at radius 1 is 1.42 bits per heavy atom. The summed E-state index contributed by atoms with van der Waals surface area (Å²) < 4.78 is 5.26. The van der Waals surface area contributed by atoms with Crippen molar-refractivity contribution in [1.82, 2.24) is 10.2 Å². The summed E-state index contributed by atoms with van der Waals surface area (Å²) in [6.07, 6.45) is 3.73. The molecule has 0 bridgehead atoms. The van der Waals surface area contributed by atoms with Gasteiger partial charge in [-0.2, -0.15) is 0 Å². The number of hydrogen-bond donors (Lipinski definition) is 0. The minimum atomic E-state index is 0.835. The zero-order valence-corrected chi connectivity index (χ0v) is 7.59. The fourth-order valence-corrected chi connectivity index (χ4v) is 1.94. The first-order chi connectivity index (χ1) is 5.97. The molecule has 2 aliphatic rings. The molecule has 0 unspecified atom stereocenters. The average Bonchev–Trinajstić information content (AvgIpc) is 2.21. The van der Waals surface area contributed by atoms with E-state index in [1.165, 1.54) is 5.03 Å². The van der Waals surface area contributed by atoms with Gasteiger partial charge in [0.2, 0.25) is 0 Å². The lowest BCUT2D eigenvalue weighted by Crippen LogP contribution is -2.35. The molecule has 65 valence electrons. The lowest BCUT2D eigenvalue weighted by atomic mass is 10.4. The SMILES string of the molecule is C1=CSC(N2CCOCC2)=C[N]1. The quantitative estimate of drug-likeness (QED) is 0.605. The van der Waals surface area contributed by atoms with Crippen molar-refractivity contribution in [3.8, 4) is 0 Å². The molecule has 2 heterocycles. The van der Waals surface area contributed by atoms with Crippen molar-refractivity contribution in [1.29, 1.82) is 0 Å². The average molecular weight is 183 g/mol. The molecule has 0 atom stereocenters. The van der Waals surface area contributed by atoms with Crippen LogP contribution in [0.2, 0.25) is 0 Å². The fourth-order valence-electron chi connectivity index (χ4n) is 1.21. The van der Waals surface area contributed by atoms with E-state index in [-0.39, 0.29) is 0 Å². The van der Waals surface area contributed by atoms with Crippen LogP contribution >= 0.6 is 11.8 Å². The number of nitrogens with zero attached hydrogens (tertiary/aromatic N) is 2. The third-order valence-corrected chi connectivity index (χ3v) is 2.71. The van der Waals surface area contributed by atoms with Crippen molar-refractivity contribution < 1.29 is 4.74 Å². The summed E-state index contributed by atoms with van der Waals surface area (Å²) in [5.41, 5.74) is 0. The molecule has 0 N–H and O–H groups in total. The van der Waals surface area contributed by atoms with E-state index in [9.17, 15) is 0 Å². The number of hydrogen-bond acceptors (Lipinski definition) is 3. The number of thioether (sulfide) groups is 1. The molecular weight excluding hydrogens is 172 g/mol. The van der Waals surface area contributed by atoms with E-state index in [1.54, 1.807) is 11.8 Å². The Hall–Kier alpha value is -0.610. The Bertz CT molecular complexity index is 209. The molecular formula is C8H11N2OS. The third kappa shape index (κ3) is 1.76. The molecule has 12 heavy (non-hydrogen) atoms. The van der Waals surface area contributed by atoms with Gasteiger partial charge in [-0.25, -0.2) is 0 Å². The van der Waals surface area contributed by atoms with Gasteiger partial charge >= 0.3 is 0 Å². The maximum absolute atomic E-state index is 5.26. The monoisotopic (exact) mass is 183 g/mol. The summed E-state index contributed by atoms with van der Waals surface area (Å²) in [6.45, 7) is 3.65. The van der Waals surface area contributed by atoms with E-state index in [0.717, 1.165) is 26.3 Å². The van der Waals surface area contributed by atoms with Crippen LogP contribution in [-0.2, 0) is 4.74 Å². The third-order valence-electron chi connectivity index (χ3n) is 1.84. The number of morpholine rings is 1. The first-order valence-corrected chi connectivity index (χ1v) is 4.89. The van der Waals surface area contributed by atoms with E-state index in [4.69, 9.17) is 4.74 Å². The summed E-state index contributed by atoms with van der Waals surface area (Å²) in [5.74, 6) is 0. The van der Waals surface area contributed by atoms with Gasteiger partial charge in [-0.05, 0) is 5.41 Å². The Balaban J connectivity index is 1.93. The van der Waals surface area contributed by atoms with Gasteiger partial charge in [0.1, 0.15) is 0 Å². The first-order valence-electron chi connectivity index (χ1n) is 4.01. The molecule has 2 rings (SSSR count). The molecule has 1 fully saturated rings. The predicted octanol–water partition coefficient (Wildman–Crippen LogP) is 0.940. The van der Waals surface area contributed by atoms with Crippen molar-refractivity contribution >= 4 is 11.8 Å². The largest absolute Gasteiger partial charge is 0.378 e. The topological polar surface area (TPSA) is 26.6 Å². The lowest BCUT2D eigenvalue weighted by molar-refractivity contribution is 0.0575. The van der Waals surface area contributed by atoms with Crippen LogP contribution in [0.15, 0.2) is 22.8 Å². The molecule has 0 aromatic heterocycles. The lowest BCUT2D eigenvalue weighted by Gasteiger charge is -2.30. The van der Waals surface area contributed by atoms with E-state index in [2.05, 4.69) is 10.2 Å². The van der Waals surface area contributed by atoms with Crippen LogP contribution in [-0.4, -0.2) is 31.2 Å². The van der Waals surface area contributed by atoms with E-state index >= 15 is 0 Å². The van der Waals surface area contributed by atoms with Crippen molar-refractivity contribution in [2.45, 2.75) is 0 Å². The predicted molar refractivity (Wildman–Crippen MR) is 49.3 cm³/mol. The second-order valence-corrected chi connectivity index (χ2v) is 3.54. The molecule has 0 amide bonds. The number of rotatable bonds is 1. The van der Waals surface area contributed by atoms with Gasteiger partial charge < -0.3 is 9.64 Å². The van der Waals surface area contributed by atoms with E-state index in [0.29, 0.717) is 0 Å². The van der Waals surface area contributed by atoms with Crippen LogP contribution in [0.5, 0.6) is 0 Å². The van der Waals surface area contributed by atoms with Crippen molar-refractivity contribution in [3.63, 3.8) is 0 Å². The van der Waals surface area contributed by atoms with Gasteiger partial charge in [0, 0.05) is 19.3 Å². The molecule has 1 saturated heterocycles. The van der Waals surface area contributed by atoms with Gasteiger partial charge in [-0.3, -0.25) is 5.32 Å². The van der Waals surface area contributed by atoms with Gasteiger partial charge in [0.15, 0.2) is 0 Å². The normalized spacial score (nSPS) is 23.3. The summed E-state index contributed by atoms with van der Waals surface area (Å²) in [6, 6.07) is 0. The highest BCUT2D eigenvalue weighted by Crippen LogP contribution is 2.23. The van der Waals surface area contributed by atoms with Crippen LogP contribution in [0.4, 0.5) is 0 Å². The standard InChI is InChI=1S/C8H11N2OS/c1-6-12-8(7-9-1)10-2-4-11-5-3-10/h1,6-7H,2-5H2. The summed E-state index contributed by atoms with van der Waals surface area (Å²) in [4.78, 5) is 2.31. The molecule has 0 aromatic carbocycles. The molecule has 1 radical (unpaired) electrons. The van der Waals surface area contributed by atoms with Crippen molar-refractivity contribution in [3.05, 3.63) is 22.8 Å². The summed E-state index contributed by atoms with van der Waals surface area (Å²) in [7, 11) is 0. The van der Waals surface area contributed by atoms with Gasteiger partial charge in [0.25, 0.3) is 0 Å². The second-order valence-electron chi connectivity index (χ2n) is 2.62. The van der Waals surface area contributed by atoms with Crippen molar-refractivity contribution in [2.24, 2.45) is 0 Å². The Labute approximate surface area is 76.4 Å². The molecule has 0 aromatic rings. The molecule has 4 heteroatoms. The minimum absolute atomic E-state index is 0.835. The van der Waals surface area contributed by atoms with Crippen LogP contribution in [0.25, 0.3) is 0 Å². The van der Waals surface area contributed by atoms with Crippen LogP contribution in [0.1, 0.15) is 0 Å². The van der Waals surface area contributed by atoms with Gasteiger partial charge in [-0.15, -0.1) is 0 Å². The summed E-state index contributed by atoms with van der Waals surface area (Å²) in [5, 5.41) is 7.33. The molecule has 0 spiro atoms. The van der Waals surface area contributed by atoms with Crippen LogP contribution in [0.3, 0.4) is 0 Å². The molecule has 0 aliphatic carbocycles. The van der Waals surface area contributed by atoms with Gasteiger partial charge in [-0.1, -0.05) is 11.8 Å². The highest BCUT2D eigenvalue weighted by atomic mass is 32.2.